The van der Waals surface area contributed by atoms with E-state index < -0.39 is 0 Å². The largest absolute Gasteiger partial charge is 0.472 e. The minimum absolute atomic E-state index is 0. The third kappa shape index (κ3) is 6.93. The van der Waals surface area contributed by atoms with Crippen LogP contribution in [0.2, 0.25) is 0 Å². The van der Waals surface area contributed by atoms with Crippen LogP contribution in [0.1, 0.15) is 46.1 Å². The van der Waals surface area contributed by atoms with Crippen molar-refractivity contribution in [2.45, 2.75) is 52.7 Å². The van der Waals surface area contributed by atoms with Gasteiger partial charge in [0.25, 0.3) is 0 Å². The normalized spacial score (nSPS) is 19.2. The van der Waals surface area contributed by atoms with E-state index in [-0.39, 0.29) is 29.6 Å². The molecule has 1 fully saturated rings. The smallest absolute Gasteiger partial charge is 0.213 e. The lowest BCUT2D eigenvalue weighted by atomic mass is 10.0. The second-order valence-corrected chi connectivity index (χ2v) is 7.09. The third-order valence-corrected chi connectivity index (χ3v) is 3.61. The summed E-state index contributed by atoms with van der Waals surface area (Å²) in [6.07, 6.45) is 4.28. The lowest BCUT2D eigenvalue weighted by Gasteiger charge is -2.31. The molecule has 0 aliphatic carbocycles. The first-order valence-corrected chi connectivity index (χ1v) is 8.02. The second-order valence-electron chi connectivity index (χ2n) is 7.09. The Kier molecular flexibility index (Phi) is 7.57. The van der Waals surface area contributed by atoms with Crippen LogP contribution in [-0.4, -0.2) is 34.5 Å². The number of pyridine rings is 1. The zero-order valence-corrected chi connectivity index (χ0v) is 16.9. The summed E-state index contributed by atoms with van der Waals surface area (Å²) in [4.78, 5) is 11.0. The summed E-state index contributed by atoms with van der Waals surface area (Å²) in [5.41, 5.74) is 6.90. The number of aliphatic imine (C=N–C) groups is 1. The van der Waals surface area contributed by atoms with Crippen LogP contribution < -0.4 is 10.5 Å². The molecule has 2 rings (SSSR count). The van der Waals surface area contributed by atoms with Crippen molar-refractivity contribution in [3.05, 3.63) is 23.9 Å². The molecule has 0 amide bonds. The lowest BCUT2D eigenvalue weighted by molar-refractivity contribution is 0.124. The molecule has 2 heterocycles. The number of hydrogen-bond acceptors (Lipinski definition) is 3. The van der Waals surface area contributed by atoms with Crippen molar-refractivity contribution in [3.63, 3.8) is 0 Å². The number of ether oxygens (including phenoxy) is 1. The van der Waals surface area contributed by atoms with E-state index in [1.807, 2.05) is 32.9 Å². The van der Waals surface area contributed by atoms with Crippen LogP contribution >= 0.6 is 24.0 Å². The van der Waals surface area contributed by atoms with Gasteiger partial charge < -0.3 is 15.4 Å². The number of halogens is 1. The fourth-order valence-corrected chi connectivity index (χ4v) is 2.55. The summed E-state index contributed by atoms with van der Waals surface area (Å²) in [7, 11) is 0. The first-order valence-electron chi connectivity index (χ1n) is 8.02. The number of piperidine rings is 1. The minimum Gasteiger partial charge on any atom is -0.472 e. The zero-order chi connectivity index (χ0) is 16.2. The van der Waals surface area contributed by atoms with Crippen molar-refractivity contribution in [2.24, 2.45) is 16.6 Å². The molecule has 0 spiro atoms. The molecule has 1 saturated heterocycles. The topological polar surface area (TPSA) is 63.7 Å². The molecule has 0 saturated carbocycles. The molecule has 5 nitrogen and oxygen atoms in total. The predicted molar refractivity (Wildman–Crippen MR) is 105 cm³/mol. The number of hydrogen-bond donors (Lipinski definition) is 1. The lowest BCUT2D eigenvalue weighted by Crippen LogP contribution is -2.43. The van der Waals surface area contributed by atoms with Gasteiger partial charge in [-0.15, -0.1) is 24.0 Å². The molecule has 0 bridgehead atoms. The summed E-state index contributed by atoms with van der Waals surface area (Å²) in [5, 5.41) is 0. The van der Waals surface area contributed by atoms with E-state index in [0.29, 0.717) is 24.3 Å². The van der Waals surface area contributed by atoms with E-state index in [2.05, 4.69) is 21.8 Å². The van der Waals surface area contributed by atoms with Gasteiger partial charge in [0.05, 0.1) is 6.54 Å². The Morgan fingerprint density at radius 1 is 1.43 bits per heavy atom. The van der Waals surface area contributed by atoms with Gasteiger partial charge in [-0.2, -0.15) is 0 Å². The molecule has 1 aliphatic heterocycles. The monoisotopic (exact) mass is 432 g/mol. The molecule has 2 N–H and O–H groups in total. The maximum atomic E-state index is 6.10. The summed E-state index contributed by atoms with van der Waals surface area (Å²) >= 11 is 0. The van der Waals surface area contributed by atoms with E-state index in [9.17, 15) is 0 Å². The Bertz CT molecular complexity index is 510. The number of likely N-dealkylation sites (tertiary alicyclic amines) is 1. The van der Waals surface area contributed by atoms with Crippen molar-refractivity contribution < 1.29 is 4.74 Å². The Labute approximate surface area is 156 Å². The quantitative estimate of drug-likeness (QED) is 0.452. The summed E-state index contributed by atoms with van der Waals surface area (Å²) in [6.45, 7) is 10.9. The molecule has 1 atom stereocenters. The molecule has 6 heteroatoms. The number of nitrogens with zero attached hydrogens (tertiary/aromatic N) is 3. The molecular weight excluding hydrogens is 403 g/mol. The molecule has 23 heavy (non-hydrogen) atoms. The number of guanidine groups is 1. The van der Waals surface area contributed by atoms with Crippen LogP contribution in [0, 0.1) is 5.92 Å². The van der Waals surface area contributed by atoms with Crippen molar-refractivity contribution >= 4 is 29.9 Å². The van der Waals surface area contributed by atoms with Gasteiger partial charge in [0.1, 0.15) is 5.60 Å². The highest BCUT2D eigenvalue weighted by Crippen LogP contribution is 2.17. The zero-order valence-electron chi connectivity index (χ0n) is 14.6. The van der Waals surface area contributed by atoms with Gasteiger partial charge in [-0.1, -0.05) is 13.0 Å². The maximum Gasteiger partial charge on any atom is 0.213 e. The Hall–Kier alpha value is -1.05. The van der Waals surface area contributed by atoms with Crippen LogP contribution in [0.15, 0.2) is 23.3 Å². The molecule has 1 aromatic rings. The molecule has 130 valence electrons. The van der Waals surface area contributed by atoms with Crippen molar-refractivity contribution in [1.82, 2.24) is 9.88 Å². The highest BCUT2D eigenvalue weighted by molar-refractivity contribution is 14.0. The first kappa shape index (κ1) is 20.0. The van der Waals surface area contributed by atoms with Gasteiger partial charge >= 0.3 is 0 Å². The Morgan fingerprint density at radius 3 is 2.74 bits per heavy atom. The second kappa shape index (κ2) is 8.70. The van der Waals surface area contributed by atoms with Gasteiger partial charge in [0, 0.05) is 25.4 Å². The van der Waals surface area contributed by atoms with Gasteiger partial charge in [0.15, 0.2) is 5.96 Å². The average Bonchev–Trinajstić information content (AvgIpc) is 2.44. The van der Waals surface area contributed by atoms with E-state index in [1.165, 1.54) is 12.8 Å². The average molecular weight is 432 g/mol. The van der Waals surface area contributed by atoms with Gasteiger partial charge in [-0.3, -0.25) is 0 Å². The van der Waals surface area contributed by atoms with Crippen LogP contribution in [0.4, 0.5) is 0 Å². The molecular formula is C17H29IN4O. The van der Waals surface area contributed by atoms with Crippen LogP contribution in [0.5, 0.6) is 5.88 Å². The maximum absolute atomic E-state index is 6.10. The molecule has 1 aromatic heterocycles. The first-order chi connectivity index (χ1) is 10.3. The highest BCUT2D eigenvalue weighted by Gasteiger charge is 2.17. The number of rotatable bonds is 3. The minimum atomic E-state index is -0.234. The highest BCUT2D eigenvalue weighted by atomic mass is 127. The summed E-state index contributed by atoms with van der Waals surface area (Å²) < 4.78 is 5.71. The summed E-state index contributed by atoms with van der Waals surface area (Å²) in [5.74, 6) is 1.97. The van der Waals surface area contributed by atoms with Crippen molar-refractivity contribution in [1.29, 1.82) is 0 Å². The van der Waals surface area contributed by atoms with Gasteiger partial charge in [-0.25, -0.2) is 9.98 Å². The van der Waals surface area contributed by atoms with E-state index in [0.717, 1.165) is 18.7 Å². The third-order valence-electron chi connectivity index (χ3n) is 3.61. The predicted octanol–water partition coefficient (Wildman–Crippen LogP) is 3.42. The van der Waals surface area contributed by atoms with Crippen LogP contribution in [-0.2, 0) is 6.54 Å². The fourth-order valence-electron chi connectivity index (χ4n) is 2.55. The molecule has 0 radical (unpaired) electrons. The van der Waals surface area contributed by atoms with E-state index in [1.54, 1.807) is 6.20 Å². The fraction of sp³-hybridized carbons (Fsp3) is 0.647. The number of aromatic nitrogens is 1. The van der Waals surface area contributed by atoms with E-state index >= 15 is 0 Å². The molecule has 1 aliphatic rings. The summed E-state index contributed by atoms with van der Waals surface area (Å²) in [6, 6.07) is 3.87. The molecule has 0 aromatic carbocycles. The number of nitrogens with two attached hydrogens (primary N) is 1. The van der Waals surface area contributed by atoms with Gasteiger partial charge in [0.2, 0.25) is 5.88 Å². The SMILES string of the molecule is CC1CCCN(C(N)=NCc2ccc(OC(C)(C)C)nc2)C1.I. The van der Waals surface area contributed by atoms with Crippen molar-refractivity contribution in [2.75, 3.05) is 13.1 Å². The molecule has 1 unspecified atom stereocenters. The van der Waals surface area contributed by atoms with Crippen LogP contribution in [0.3, 0.4) is 0 Å². The Morgan fingerprint density at radius 2 is 2.17 bits per heavy atom. The van der Waals surface area contributed by atoms with Gasteiger partial charge in [-0.05, 0) is 45.1 Å². The van der Waals surface area contributed by atoms with Crippen LogP contribution in [0.25, 0.3) is 0 Å². The van der Waals surface area contributed by atoms with Crippen molar-refractivity contribution in [3.8, 4) is 5.88 Å². The van der Waals surface area contributed by atoms with E-state index in [4.69, 9.17) is 10.5 Å². The standard InChI is InChI=1S/C17H28N4O.HI/c1-13-6-5-9-21(12-13)16(18)20-11-14-7-8-15(19-10-14)22-17(2,3)4;/h7-8,10,13H,5-6,9,11-12H2,1-4H3,(H2,18,20);1H. The Balaban J connectivity index is 0.00000264.